The number of carbonyl (C=O) groups excluding carboxylic acids is 2. The number of hydrogen-bond acceptors (Lipinski definition) is 5. The molecule has 1 heterocycles. The molecule has 2 aromatic carbocycles. The number of hydrogen-bond donors (Lipinski definition) is 0. The Hall–Kier alpha value is -2.28. The fourth-order valence-corrected chi connectivity index (χ4v) is 7.03. The van der Waals surface area contributed by atoms with Crippen LogP contribution < -0.4 is 9.47 Å². The fraction of sp³-hybridized carbons (Fsp3) is 0.419. The standard InChI is InChI=1S/C31H32BrCl2NO4/c1-3-13-35-23-7-5-9-25(36)29(23)28(30-24(35)8-6-10-26(30)37)19-14-21(32)31(27(15-19)38-4-2)39-17-18-11-12-20(33)16-22(18)34/h11-12,14-16,28H,3-10,13,17H2,1-2H3. The van der Waals surface area contributed by atoms with E-state index in [1.54, 1.807) is 12.1 Å². The van der Waals surface area contributed by atoms with E-state index < -0.39 is 5.92 Å². The van der Waals surface area contributed by atoms with E-state index in [9.17, 15) is 9.59 Å². The van der Waals surface area contributed by atoms with E-state index in [4.69, 9.17) is 32.7 Å². The van der Waals surface area contributed by atoms with E-state index in [0.717, 1.165) is 72.3 Å². The predicted molar refractivity (Wildman–Crippen MR) is 158 cm³/mol. The van der Waals surface area contributed by atoms with Crippen LogP contribution in [0.4, 0.5) is 0 Å². The number of ketones is 2. The predicted octanol–water partition coefficient (Wildman–Crippen LogP) is 8.56. The summed E-state index contributed by atoms with van der Waals surface area (Å²) in [5.41, 5.74) is 5.41. The molecule has 206 valence electrons. The Balaban J connectivity index is 1.60. The molecule has 2 aromatic rings. The summed E-state index contributed by atoms with van der Waals surface area (Å²) >= 11 is 16.1. The van der Waals surface area contributed by atoms with Gasteiger partial charge >= 0.3 is 0 Å². The topological polar surface area (TPSA) is 55.8 Å². The fourth-order valence-electron chi connectivity index (χ4n) is 5.99. The third kappa shape index (κ3) is 5.53. The molecule has 0 amide bonds. The summed E-state index contributed by atoms with van der Waals surface area (Å²) in [5.74, 6) is 0.972. The molecule has 39 heavy (non-hydrogen) atoms. The quantitative estimate of drug-likeness (QED) is 0.292. The van der Waals surface area contributed by atoms with Crippen LogP contribution in [0.15, 0.2) is 57.3 Å². The maximum atomic E-state index is 13.5. The number of halogens is 3. The van der Waals surface area contributed by atoms with Gasteiger partial charge in [0.2, 0.25) is 0 Å². The molecule has 0 bridgehead atoms. The molecule has 0 fully saturated rings. The Bertz CT molecular complexity index is 1340. The second kappa shape index (κ2) is 12.1. The molecule has 0 radical (unpaired) electrons. The Labute approximate surface area is 248 Å². The minimum Gasteiger partial charge on any atom is -0.490 e. The van der Waals surface area contributed by atoms with Crippen molar-refractivity contribution in [2.75, 3.05) is 13.2 Å². The lowest BCUT2D eigenvalue weighted by molar-refractivity contribution is -0.117. The van der Waals surface area contributed by atoms with Crippen LogP contribution in [0, 0.1) is 0 Å². The van der Waals surface area contributed by atoms with Gasteiger partial charge in [-0.05, 0) is 84.8 Å². The third-order valence-electron chi connectivity index (χ3n) is 7.59. The summed E-state index contributed by atoms with van der Waals surface area (Å²) in [6, 6.07) is 9.21. The van der Waals surface area contributed by atoms with Crippen molar-refractivity contribution in [3.63, 3.8) is 0 Å². The highest BCUT2D eigenvalue weighted by molar-refractivity contribution is 9.10. The molecule has 5 nitrogen and oxygen atoms in total. The van der Waals surface area contributed by atoms with Crippen LogP contribution >= 0.6 is 39.1 Å². The number of carbonyl (C=O) groups is 2. The van der Waals surface area contributed by atoms with E-state index in [1.165, 1.54) is 0 Å². The molecule has 0 unspecified atom stereocenters. The second-order valence-corrected chi connectivity index (χ2v) is 11.8. The van der Waals surface area contributed by atoms with Gasteiger partial charge in [0.15, 0.2) is 23.1 Å². The Morgan fingerprint density at radius 2 is 1.59 bits per heavy atom. The lowest BCUT2D eigenvalue weighted by Crippen LogP contribution is -2.39. The average molecular weight is 633 g/mol. The molecule has 0 N–H and O–H groups in total. The molecule has 1 aliphatic heterocycles. The zero-order chi connectivity index (χ0) is 27.7. The Morgan fingerprint density at radius 3 is 2.18 bits per heavy atom. The van der Waals surface area contributed by atoms with Gasteiger partial charge in [-0.15, -0.1) is 0 Å². The van der Waals surface area contributed by atoms with Gasteiger partial charge in [0, 0.05) is 63.5 Å². The molecule has 0 saturated heterocycles. The van der Waals surface area contributed by atoms with Gasteiger partial charge < -0.3 is 14.4 Å². The average Bonchev–Trinajstić information content (AvgIpc) is 2.90. The summed E-state index contributed by atoms with van der Waals surface area (Å²) < 4.78 is 13.0. The van der Waals surface area contributed by atoms with Crippen molar-refractivity contribution in [3.05, 3.63) is 78.5 Å². The van der Waals surface area contributed by atoms with E-state index in [-0.39, 0.29) is 18.2 Å². The first-order valence-electron chi connectivity index (χ1n) is 13.7. The lowest BCUT2D eigenvalue weighted by Gasteiger charge is -2.44. The SMILES string of the molecule is CCCN1C2=C(C(=O)CCC2)C(c2cc(Br)c(OCc3ccc(Cl)cc3Cl)c(OCC)c2)C2=C1CCCC2=O. The van der Waals surface area contributed by atoms with Gasteiger partial charge in [0.05, 0.1) is 11.1 Å². The van der Waals surface area contributed by atoms with Crippen LogP contribution in [0.5, 0.6) is 11.5 Å². The first kappa shape index (κ1) is 28.3. The monoisotopic (exact) mass is 631 g/mol. The van der Waals surface area contributed by atoms with Crippen molar-refractivity contribution in [3.8, 4) is 11.5 Å². The van der Waals surface area contributed by atoms with Gasteiger partial charge in [-0.25, -0.2) is 0 Å². The molecule has 8 heteroatoms. The molecular weight excluding hydrogens is 601 g/mol. The van der Waals surface area contributed by atoms with Gasteiger partial charge in [0.1, 0.15) is 6.61 Å². The van der Waals surface area contributed by atoms with Crippen LogP contribution in [0.1, 0.15) is 75.8 Å². The zero-order valence-electron chi connectivity index (χ0n) is 22.2. The number of benzene rings is 2. The number of ether oxygens (including phenoxy) is 2. The zero-order valence-corrected chi connectivity index (χ0v) is 25.3. The largest absolute Gasteiger partial charge is 0.490 e. The Morgan fingerprint density at radius 1 is 0.923 bits per heavy atom. The van der Waals surface area contributed by atoms with Crippen LogP contribution in [0.3, 0.4) is 0 Å². The molecule has 0 saturated carbocycles. The minimum atomic E-state index is -0.404. The van der Waals surface area contributed by atoms with Crippen molar-refractivity contribution >= 4 is 50.7 Å². The minimum absolute atomic E-state index is 0.138. The van der Waals surface area contributed by atoms with Crippen LogP contribution in [0.2, 0.25) is 10.0 Å². The molecule has 0 aromatic heterocycles. The van der Waals surface area contributed by atoms with E-state index in [1.807, 2.05) is 25.1 Å². The van der Waals surface area contributed by atoms with Crippen LogP contribution in [-0.4, -0.2) is 29.6 Å². The summed E-state index contributed by atoms with van der Waals surface area (Å²) in [5, 5.41) is 1.09. The summed E-state index contributed by atoms with van der Waals surface area (Å²) in [4.78, 5) is 29.3. The first-order chi connectivity index (χ1) is 18.8. The summed E-state index contributed by atoms with van der Waals surface area (Å²) in [6.07, 6.45) is 5.36. The molecular formula is C31H32BrCl2NO4. The number of rotatable bonds is 8. The molecule has 3 aliphatic rings. The van der Waals surface area contributed by atoms with Crippen molar-refractivity contribution in [2.45, 2.75) is 71.3 Å². The first-order valence-corrected chi connectivity index (χ1v) is 15.2. The van der Waals surface area contributed by atoms with Crippen molar-refractivity contribution in [1.29, 1.82) is 0 Å². The van der Waals surface area contributed by atoms with Crippen LogP contribution in [-0.2, 0) is 16.2 Å². The van der Waals surface area contributed by atoms with E-state index in [2.05, 4.69) is 27.8 Å². The molecule has 0 spiro atoms. The lowest BCUT2D eigenvalue weighted by atomic mass is 9.71. The summed E-state index contributed by atoms with van der Waals surface area (Å²) in [7, 11) is 0. The Kier molecular flexibility index (Phi) is 8.75. The smallest absolute Gasteiger partial charge is 0.175 e. The van der Waals surface area contributed by atoms with Crippen molar-refractivity contribution in [1.82, 2.24) is 4.90 Å². The normalized spacial score (nSPS) is 17.9. The maximum Gasteiger partial charge on any atom is 0.175 e. The molecule has 5 rings (SSSR count). The van der Waals surface area contributed by atoms with Gasteiger partial charge in [-0.2, -0.15) is 0 Å². The van der Waals surface area contributed by atoms with E-state index in [0.29, 0.717) is 45.5 Å². The highest BCUT2D eigenvalue weighted by Gasteiger charge is 2.43. The number of Topliss-reactive ketones (excluding diaryl/α,β-unsaturated/α-hetero) is 2. The van der Waals surface area contributed by atoms with Gasteiger partial charge in [-0.3, -0.25) is 9.59 Å². The molecule has 2 aliphatic carbocycles. The third-order valence-corrected chi connectivity index (χ3v) is 8.76. The summed E-state index contributed by atoms with van der Waals surface area (Å²) in [6.45, 7) is 5.54. The van der Waals surface area contributed by atoms with Crippen LogP contribution in [0.25, 0.3) is 0 Å². The van der Waals surface area contributed by atoms with Gasteiger partial charge in [0.25, 0.3) is 0 Å². The number of allylic oxidation sites excluding steroid dienone is 4. The highest BCUT2D eigenvalue weighted by atomic mass is 79.9. The second-order valence-electron chi connectivity index (χ2n) is 10.1. The maximum absolute atomic E-state index is 13.5. The van der Waals surface area contributed by atoms with E-state index >= 15 is 0 Å². The highest BCUT2D eigenvalue weighted by Crippen LogP contribution is 2.51. The number of nitrogens with zero attached hydrogens (tertiary/aromatic N) is 1. The van der Waals surface area contributed by atoms with Gasteiger partial charge in [-0.1, -0.05) is 36.2 Å². The van der Waals surface area contributed by atoms with Crippen molar-refractivity contribution < 1.29 is 19.1 Å². The molecule has 0 atom stereocenters. The van der Waals surface area contributed by atoms with Crippen molar-refractivity contribution in [2.24, 2.45) is 0 Å².